The first kappa shape index (κ1) is 18.9. The van der Waals surface area contributed by atoms with Crippen LogP contribution in [0.15, 0.2) is 30.5 Å². The van der Waals surface area contributed by atoms with Gasteiger partial charge in [-0.15, -0.1) is 0 Å². The van der Waals surface area contributed by atoms with E-state index in [9.17, 15) is 14.7 Å². The van der Waals surface area contributed by atoms with Crippen LogP contribution in [-0.2, 0) is 11.3 Å². The predicted molar refractivity (Wildman–Crippen MR) is 112 cm³/mol. The van der Waals surface area contributed by atoms with Gasteiger partial charge in [-0.25, -0.2) is 0 Å². The molecule has 1 aromatic carbocycles. The number of aliphatic hydroxyl groups is 1. The molecular weight excluding hydrogens is 364 g/mol. The highest BCUT2D eigenvalue weighted by Crippen LogP contribution is 2.44. The maximum absolute atomic E-state index is 13.2. The van der Waals surface area contributed by atoms with Crippen molar-refractivity contribution in [1.82, 2.24) is 9.47 Å². The normalized spacial score (nSPS) is 29.2. The molecule has 0 radical (unpaired) electrons. The van der Waals surface area contributed by atoms with Crippen molar-refractivity contribution in [1.29, 1.82) is 0 Å². The highest BCUT2D eigenvalue weighted by Gasteiger charge is 2.48. The summed E-state index contributed by atoms with van der Waals surface area (Å²) in [6.07, 6.45) is 7.59. The fraction of sp³-hybridized carbons (Fsp3) is 0.583. The van der Waals surface area contributed by atoms with Crippen LogP contribution in [0, 0.1) is 17.8 Å². The summed E-state index contributed by atoms with van der Waals surface area (Å²) in [4.78, 5) is 27.8. The summed E-state index contributed by atoms with van der Waals surface area (Å²) in [6.45, 7) is 3.71. The molecule has 2 aliphatic carbocycles. The number of hydrogen-bond acceptors (Lipinski definition) is 3. The van der Waals surface area contributed by atoms with Crippen LogP contribution in [0.25, 0.3) is 10.9 Å². The summed E-state index contributed by atoms with van der Waals surface area (Å²) >= 11 is 0. The minimum atomic E-state index is -0.623. The molecule has 5 nitrogen and oxygen atoms in total. The molecule has 1 aliphatic heterocycles. The molecule has 0 bridgehead atoms. The van der Waals surface area contributed by atoms with Gasteiger partial charge in [-0.2, -0.15) is 0 Å². The number of carbonyl (C=O) groups excluding carboxylic acids is 2. The van der Waals surface area contributed by atoms with E-state index < -0.39 is 5.60 Å². The Bertz CT molecular complexity index is 960. The van der Waals surface area contributed by atoms with Crippen molar-refractivity contribution >= 4 is 22.6 Å². The zero-order valence-corrected chi connectivity index (χ0v) is 17.1. The average molecular weight is 395 g/mol. The topological polar surface area (TPSA) is 62.5 Å². The van der Waals surface area contributed by atoms with E-state index in [1.54, 1.807) is 0 Å². The number of benzene rings is 1. The Morgan fingerprint density at radius 3 is 2.72 bits per heavy atom. The van der Waals surface area contributed by atoms with Crippen molar-refractivity contribution in [2.45, 2.75) is 57.6 Å². The molecule has 3 aliphatic rings. The standard InChI is InChI=1S/C24H30N2O3/c1-2-24(29)11-5-6-17-12-26(14-20(17)24)22(27)15-25-13-19(23(28)16-9-10-16)18-7-3-4-8-21(18)25/h3-4,7-8,13,16-17,20,29H,2,5-6,9-12,14-15H2,1H3/t17-,20+,24-/m1/s1. The zero-order valence-electron chi connectivity index (χ0n) is 17.1. The smallest absolute Gasteiger partial charge is 0.242 e. The van der Waals surface area contributed by atoms with Crippen LogP contribution in [0.4, 0.5) is 0 Å². The zero-order chi connectivity index (χ0) is 20.2. The second kappa shape index (κ2) is 6.98. The van der Waals surface area contributed by atoms with Crippen molar-refractivity contribution in [3.63, 3.8) is 0 Å². The Morgan fingerprint density at radius 2 is 1.97 bits per heavy atom. The third-order valence-electron chi connectivity index (χ3n) is 7.59. The average Bonchev–Trinajstić information content (AvgIpc) is 3.38. The number of carbonyl (C=O) groups is 2. The lowest BCUT2D eigenvalue weighted by Crippen LogP contribution is -2.44. The van der Waals surface area contributed by atoms with Crippen LogP contribution in [0.5, 0.6) is 0 Å². The van der Waals surface area contributed by atoms with Gasteiger partial charge in [0.15, 0.2) is 5.78 Å². The van der Waals surface area contributed by atoms with Crippen molar-refractivity contribution in [3.05, 3.63) is 36.0 Å². The van der Waals surface area contributed by atoms with E-state index in [1.165, 1.54) is 0 Å². The first-order chi connectivity index (χ1) is 14.0. The van der Waals surface area contributed by atoms with Crippen LogP contribution in [0.2, 0.25) is 0 Å². The van der Waals surface area contributed by atoms with E-state index in [0.717, 1.165) is 61.5 Å². The Balaban J connectivity index is 1.38. The van der Waals surface area contributed by atoms with Gasteiger partial charge < -0.3 is 14.6 Å². The first-order valence-electron chi connectivity index (χ1n) is 11.1. The molecule has 5 rings (SSSR count). The second-order valence-corrected chi connectivity index (χ2v) is 9.34. The third kappa shape index (κ3) is 3.20. The molecular formula is C24H30N2O3. The van der Waals surface area contributed by atoms with Gasteiger partial charge in [0.1, 0.15) is 6.54 Å². The number of fused-ring (bicyclic) bond motifs is 2. The van der Waals surface area contributed by atoms with Crippen LogP contribution in [0.1, 0.15) is 55.8 Å². The molecule has 3 fully saturated rings. The van der Waals surface area contributed by atoms with Crippen molar-refractivity contribution < 1.29 is 14.7 Å². The minimum Gasteiger partial charge on any atom is -0.390 e. The number of hydrogen-bond donors (Lipinski definition) is 1. The number of amides is 1. The fourth-order valence-corrected chi connectivity index (χ4v) is 5.66. The summed E-state index contributed by atoms with van der Waals surface area (Å²) in [5, 5.41) is 12.0. The Kier molecular flexibility index (Phi) is 4.54. The number of likely N-dealkylation sites (tertiary alicyclic amines) is 1. The maximum Gasteiger partial charge on any atom is 0.242 e. The Labute approximate surface area is 171 Å². The Morgan fingerprint density at radius 1 is 1.17 bits per heavy atom. The monoisotopic (exact) mass is 394 g/mol. The van der Waals surface area contributed by atoms with Crippen LogP contribution in [-0.4, -0.2) is 45.0 Å². The number of ketones is 1. The van der Waals surface area contributed by atoms with Gasteiger partial charge in [-0.05, 0) is 44.1 Å². The van der Waals surface area contributed by atoms with Crippen LogP contribution < -0.4 is 0 Å². The van der Waals surface area contributed by atoms with Gasteiger partial charge in [-0.3, -0.25) is 9.59 Å². The number of rotatable bonds is 5. The highest BCUT2D eigenvalue weighted by molar-refractivity contribution is 6.10. The van der Waals surface area contributed by atoms with E-state index in [2.05, 4.69) is 6.92 Å². The molecule has 2 heterocycles. The minimum absolute atomic E-state index is 0.0871. The van der Waals surface area contributed by atoms with Gasteiger partial charge in [-0.1, -0.05) is 31.5 Å². The number of para-hydroxylation sites is 1. The van der Waals surface area contributed by atoms with Gasteiger partial charge in [0.25, 0.3) is 0 Å². The van der Waals surface area contributed by atoms with Crippen molar-refractivity contribution in [2.75, 3.05) is 13.1 Å². The molecule has 3 atom stereocenters. The molecule has 1 N–H and O–H groups in total. The molecule has 154 valence electrons. The summed E-state index contributed by atoms with van der Waals surface area (Å²) < 4.78 is 1.95. The van der Waals surface area contributed by atoms with Crippen molar-refractivity contribution in [2.24, 2.45) is 17.8 Å². The molecule has 1 saturated heterocycles. The van der Waals surface area contributed by atoms with E-state index in [4.69, 9.17) is 0 Å². The van der Waals surface area contributed by atoms with Gasteiger partial charge >= 0.3 is 0 Å². The number of Topliss-reactive ketones (excluding diaryl/α,β-unsaturated/α-hetero) is 1. The molecule has 5 heteroatoms. The number of aromatic nitrogens is 1. The van der Waals surface area contributed by atoms with Gasteiger partial charge in [0.2, 0.25) is 5.91 Å². The number of nitrogens with zero attached hydrogens (tertiary/aromatic N) is 2. The highest BCUT2D eigenvalue weighted by atomic mass is 16.3. The Hall–Kier alpha value is -2.14. The van der Waals surface area contributed by atoms with Gasteiger partial charge in [0, 0.05) is 47.6 Å². The molecule has 2 aromatic rings. The molecule has 0 unspecified atom stereocenters. The molecule has 1 aromatic heterocycles. The molecule has 1 amide bonds. The van der Waals surface area contributed by atoms with E-state index >= 15 is 0 Å². The lowest BCUT2D eigenvalue weighted by atomic mass is 9.69. The largest absolute Gasteiger partial charge is 0.390 e. The molecule has 2 saturated carbocycles. The summed E-state index contributed by atoms with van der Waals surface area (Å²) in [6, 6.07) is 7.89. The maximum atomic E-state index is 13.2. The lowest BCUT2D eigenvalue weighted by Gasteiger charge is -2.40. The summed E-state index contributed by atoms with van der Waals surface area (Å²) in [5.74, 6) is 1.07. The van der Waals surface area contributed by atoms with E-state index in [0.29, 0.717) is 12.5 Å². The van der Waals surface area contributed by atoms with Crippen molar-refractivity contribution in [3.8, 4) is 0 Å². The van der Waals surface area contributed by atoms with Gasteiger partial charge in [0.05, 0.1) is 5.60 Å². The summed E-state index contributed by atoms with van der Waals surface area (Å²) in [7, 11) is 0. The predicted octanol–water partition coefficient (Wildman–Crippen LogP) is 3.63. The molecule has 0 spiro atoms. The second-order valence-electron chi connectivity index (χ2n) is 9.34. The van der Waals surface area contributed by atoms with Crippen LogP contribution in [0.3, 0.4) is 0 Å². The van der Waals surface area contributed by atoms with Crippen LogP contribution >= 0.6 is 0 Å². The fourth-order valence-electron chi connectivity index (χ4n) is 5.66. The summed E-state index contributed by atoms with van der Waals surface area (Å²) in [5.41, 5.74) is 1.08. The molecule has 29 heavy (non-hydrogen) atoms. The quantitative estimate of drug-likeness (QED) is 0.788. The first-order valence-corrected chi connectivity index (χ1v) is 11.1. The van der Waals surface area contributed by atoms with E-state index in [1.807, 2.05) is 39.9 Å². The lowest BCUT2D eigenvalue weighted by molar-refractivity contribution is -0.131. The van der Waals surface area contributed by atoms with E-state index in [-0.39, 0.29) is 30.1 Å². The SMILES string of the molecule is CC[C@@]1(O)CCC[C@@H]2CN(C(=O)Cn3cc(C(=O)C4CC4)c4ccccc43)C[C@@H]21. The third-order valence-corrected chi connectivity index (χ3v) is 7.59.